The molecule has 0 unspecified atom stereocenters. The summed E-state index contributed by atoms with van der Waals surface area (Å²) in [5.41, 5.74) is 0. The zero-order chi connectivity index (χ0) is 10.6. The van der Waals surface area contributed by atoms with Crippen molar-refractivity contribution in [3.63, 3.8) is 0 Å². The molecule has 1 aromatic heterocycles. The van der Waals surface area contributed by atoms with Crippen molar-refractivity contribution in [2.24, 2.45) is 0 Å². The van der Waals surface area contributed by atoms with Gasteiger partial charge in [0.2, 0.25) is 5.95 Å². The summed E-state index contributed by atoms with van der Waals surface area (Å²) >= 11 is 0. The van der Waals surface area contributed by atoms with E-state index in [1.807, 2.05) is 6.92 Å². The summed E-state index contributed by atoms with van der Waals surface area (Å²) in [5, 5.41) is 3.05. The van der Waals surface area contributed by atoms with Crippen molar-refractivity contribution >= 4 is 15.8 Å². The van der Waals surface area contributed by atoms with Gasteiger partial charge in [-0.25, -0.2) is 13.4 Å². The van der Waals surface area contributed by atoms with Crippen LogP contribution < -0.4 is 5.32 Å². The van der Waals surface area contributed by atoms with Gasteiger partial charge in [0.15, 0.2) is 0 Å². The SMILES string of the molecule is CCNc1nccn1CCS(C)(=O)=O. The Morgan fingerprint density at radius 3 is 2.86 bits per heavy atom. The average Bonchev–Trinajstić information content (AvgIpc) is 2.48. The summed E-state index contributed by atoms with van der Waals surface area (Å²) in [6.45, 7) is 3.19. The van der Waals surface area contributed by atoms with Crippen LogP contribution in [0.25, 0.3) is 0 Å². The van der Waals surface area contributed by atoms with E-state index in [2.05, 4.69) is 10.3 Å². The summed E-state index contributed by atoms with van der Waals surface area (Å²) in [7, 11) is -2.91. The smallest absolute Gasteiger partial charge is 0.202 e. The van der Waals surface area contributed by atoms with E-state index in [0.29, 0.717) is 6.54 Å². The fourth-order valence-corrected chi connectivity index (χ4v) is 1.61. The number of rotatable bonds is 5. The van der Waals surface area contributed by atoms with E-state index in [1.165, 1.54) is 6.26 Å². The van der Waals surface area contributed by atoms with Gasteiger partial charge in [-0.3, -0.25) is 0 Å². The van der Waals surface area contributed by atoms with Crippen molar-refractivity contribution in [1.82, 2.24) is 9.55 Å². The molecule has 0 saturated carbocycles. The van der Waals surface area contributed by atoms with Crippen LogP contribution in [0.15, 0.2) is 12.4 Å². The Labute approximate surface area is 84.1 Å². The Balaban J connectivity index is 2.62. The van der Waals surface area contributed by atoms with Gasteiger partial charge >= 0.3 is 0 Å². The van der Waals surface area contributed by atoms with Gasteiger partial charge in [0.1, 0.15) is 9.84 Å². The molecule has 0 fully saturated rings. The fourth-order valence-electron chi connectivity index (χ4n) is 1.08. The van der Waals surface area contributed by atoms with E-state index < -0.39 is 9.84 Å². The predicted octanol–water partition coefficient (Wildman–Crippen LogP) is 0.359. The van der Waals surface area contributed by atoms with Gasteiger partial charge in [0, 0.05) is 31.7 Å². The van der Waals surface area contributed by atoms with Gasteiger partial charge in [-0.2, -0.15) is 0 Å². The van der Waals surface area contributed by atoms with E-state index in [0.717, 1.165) is 12.5 Å². The number of hydrogen-bond donors (Lipinski definition) is 1. The molecule has 6 heteroatoms. The lowest BCUT2D eigenvalue weighted by Crippen LogP contribution is -2.13. The third-order valence-electron chi connectivity index (χ3n) is 1.75. The molecular weight excluding hydrogens is 202 g/mol. The molecule has 0 aliphatic carbocycles. The highest BCUT2D eigenvalue weighted by Gasteiger charge is 2.05. The highest BCUT2D eigenvalue weighted by atomic mass is 32.2. The number of nitrogens with one attached hydrogen (secondary N) is 1. The maximum atomic E-state index is 10.9. The summed E-state index contributed by atoms with van der Waals surface area (Å²) in [6.07, 6.45) is 4.65. The van der Waals surface area contributed by atoms with Gasteiger partial charge in [-0.05, 0) is 6.92 Å². The molecule has 14 heavy (non-hydrogen) atoms. The molecule has 5 nitrogen and oxygen atoms in total. The van der Waals surface area contributed by atoms with Crippen LogP contribution in [-0.4, -0.2) is 36.5 Å². The zero-order valence-electron chi connectivity index (χ0n) is 8.40. The summed E-state index contributed by atoms with van der Waals surface area (Å²) in [5.74, 6) is 0.859. The van der Waals surface area contributed by atoms with E-state index in [-0.39, 0.29) is 5.75 Å². The summed E-state index contributed by atoms with van der Waals surface area (Å²) < 4.78 is 23.7. The molecular formula is C8H15N3O2S. The number of aryl methyl sites for hydroxylation is 1. The number of hydrogen-bond acceptors (Lipinski definition) is 4. The van der Waals surface area contributed by atoms with Crippen molar-refractivity contribution in [3.05, 3.63) is 12.4 Å². The van der Waals surface area contributed by atoms with E-state index in [4.69, 9.17) is 0 Å². The lowest BCUT2D eigenvalue weighted by atomic mass is 10.7. The van der Waals surface area contributed by atoms with Gasteiger partial charge < -0.3 is 9.88 Å². The molecule has 1 rings (SSSR count). The summed E-state index contributed by atoms with van der Waals surface area (Å²) in [4.78, 5) is 4.06. The predicted molar refractivity (Wildman–Crippen MR) is 56.1 cm³/mol. The van der Waals surface area contributed by atoms with Crippen LogP contribution in [-0.2, 0) is 16.4 Å². The quantitative estimate of drug-likeness (QED) is 0.773. The Morgan fingerprint density at radius 1 is 1.57 bits per heavy atom. The standard InChI is InChI=1S/C8H15N3O2S/c1-3-9-8-10-4-5-11(8)6-7-14(2,12)13/h4-5H,3,6-7H2,1-2H3,(H,9,10). The molecule has 0 aromatic carbocycles. The van der Waals surface area contributed by atoms with Crippen molar-refractivity contribution in [1.29, 1.82) is 0 Å². The number of aromatic nitrogens is 2. The average molecular weight is 217 g/mol. The molecule has 0 spiro atoms. The molecule has 0 aliphatic rings. The Bertz CT molecular complexity index is 383. The van der Waals surface area contributed by atoms with Crippen molar-refractivity contribution in [2.75, 3.05) is 23.9 Å². The van der Waals surface area contributed by atoms with Crippen LogP contribution in [0, 0.1) is 0 Å². The molecule has 0 radical (unpaired) electrons. The van der Waals surface area contributed by atoms with Gasteiger partial charge in [0.25, 0.3) is 0 Å². The number of sulfone groups is 1. The maximum Gasteiger partial charge on any atom is 0.202 e. The minimum Gasteiger partial charge on any atom is -0.356 e. The third-order valence-corrected chi connectivity index (χ3v) is 2.68. The van der Waals surface area contributed by atoms with Gasteiger partial charge in [-0.1, -0.05) is 0 Å². The molecule has 1 N–H and O–H groups in total. The van der Waals surface area contributed by atoms with Gasteiger partial charge in [-0.15, -0.1) is 0 Å². The molecule has 0 amide bonds. The molecule has 0 atom stereocenters. The largest absolute Gasteiger partial charge is 0.356 e. The van der Waals surface area contributed by atoms with E-state index >= 15 is 0 Å². The number of imidazole rings is 1. The third kappa shape index (κ3) is 3.37. The van der Waals surface area contributed by atoms with Crippen LogP contribution in [0.2, 0.25) is 0 Å². The molecule has 0 saturated heterocycles. The second-order valence-corrected chi connectivity index (χ2v) is 5.36. The van der Waals surface area contributed by atoms with Crippen LogP contribution >= 0.6 is 0 Å². The van der Waals surface area contributed by atoms with Crippen molar-refractivity contribution < 1.29 is 8.42 Å². The van der Waals surface area contributed by atoms with Crippen LogP contribution in [0.3, 0.4) is 0 Å². The first-order valence-electron chi connectivity index (χ1n) is 4.45. The maximum absolute atomic E-state index is 10.9. The lowest BCUT2D eigenvalue weighted by Gasteiger charge is -2.06. The highest BCUT2D eigenvalue weighted by Crippen LogP contribution is 2.03. The summed E-state index contributed by atoms with van der Waals surface area (Å²) in [6, 6.07) is 0. The Hall–Kier alpha value is -1.04. The van der Waals surface area contributed by atoms with Gasteiger partial charge in [0.05, 0.1) is 5.75 Å². The zero-order valence-corrected chi connectivity index (χ0v) is 9.21. The molecule has 1 aromatic rings. The van der Waals surface area contributed by atoms with Crippen LogP contribution in [0.1, 0.15) is 6.92 Å². The number of nitrogens with zero attached hydrogens (tertiary/aromatic N) is 2. The lowest BCUT2D eigenvalue weighted by molar-refractivity contribution is 0.595. The van der Waals surface area contributed by atoms with Crippen molar-refractivity contribution in [3.8, 4) is 0 Å². The fraction of sp³-hybridized carbons (Fsp3) is 0.625. The highest BCUT2D eigenvalue weighted by molar-refractivity contribution is 7.90. The molecule has 80 valence electrons. The number of anilines is 1. The topological polar surface area (TPSA) is 64.0 Å². The van der Waals surface area contributed by atoms with Crippen molar-refractivity contribution in [2.45, 2.75) is 13.5 Å². The second-order valence-electron chi connectivity index (χ2n) is 3.10. The minimum absolute atomic E-state index is 0.141. The minimum atomic E-state index is -2.91. The first-order chi connectivity index (χ1) is 6.53. The molecule has 0 aliphatic heterocycles. The Morgan fingerprint density at radius 2 is 2.29 bits per heavy atom. The monoisotopic (exact) mass is 217 g/mol. The van der Waals surface area contributed by atoms with Crippen LogP contribution in [0.4, 0.5) is 5.95 Å². The molecule has 0 bridgehead atoms. The first kappa shape index (κ1) is 11.0. The second kappa shape index (κ2) is 4.45. The van der Waals surface area contributed by atoms with Crippen LogP contribution in [0.5, 0.6) is 0 Å². The van der Waals surface area contributed by atoms with E-state index in [1.54, 1.807) is 17.0 Å². The Kier molecular flexibility index (Phi) is 3.51. The normalized spacial score (nSPS) is 11.6. The molecule has 1 heterocycles. The van der Waals surface area contributed by atoms with E-state index in [9.17, 15) is 8.42 Å². The first-order valence-corrected chi connectivity index (χ1v) is 6.51.